The molecule has 0 spiro atoms. The highest BCUT2D eigenvalue weighted by Gasteiger charge is 2.45. The van der Waals surface area contributed by atoms with E-state index in [0.29, 0.717) is 77.1 Å². The van der Waals surface area contributed by atoms with Gasteiger partial charge in [-0.15, -0.1) is 0 Å². The number of aromatic nitrogens is 2. The van der Waals surface area contributed by atoms with Gasteiger partial charge in [0.05, 0.1) is 76.2 Å². The maximum atomic E-state index is 13.2. The monoisotopic (exact) mass is 783 g/mol. The van der Waals surface area contributed by atoms with Crippen molar-refractivity contribution in [2.24, 2.45) is 0 Å². The van der Waals surface area contributed by atoms with Gasteiger partial charge >= 0.3 is 0 Å². The van der Waals surface area contributed by atoms with E-state index in [4.69, 9.17) is 18.9 Å². The number of hydrogen-bond acceptors (Lipinski definition) is 14. The summed E-state index contributed by atoms with van der Waals surface area (Å²) in [5.74, 6) is -2.79. The Morgan fingerprint density at radius 3 is 2.25 bits per heavy atom. The van der Waals surface area contributed by atoms with Gasteiger partial charge in [-0.3, -0.25) is 48.5 Å². The Morgan fingerprint density at radius 1 is 0.857 bits per heavy atom. The Bertz CT molecular complexity index is 1710. The molecule has 0 bridgehead atoms. The molecule has 1 aromatic carbocycles. The zero-order chi connectivity index (χ0) is 39.7. The second-order valence-corrected chi connectivity index (χ2v) is 13.1. The van der Waals surface area contributed by atoms with Gasteiger partial charge in [0.15, 0.2) is 5.69 Å². The van der Waals surface area contributed by atoms with E-state index >= 15 is 0 Å². The number of amides is 7. The number of piperidine rings is 2. The normalized spacial score (nSPS) is 17.1. The zero-order valence-electron chi connectivity index (χ0n) is 31.1. The minimum atomic E-state index is -1.03. The molecule has 4 heterocycles. The van der Waals surface area contributed by atoms with Crippen LogP contribution in [-0.2, 0) is 44.7 Å². The molecule has 7 amide bonds. The number of ether oxygens (including phenoxy) is 4. The summed E-state index contributed by atoms with van der Waals surface area (Å²) in [5, 5.41) is 21.1. The number of hydrogen-bond donors (Lipinski definition) is 6. The number of nitrogens with zero attached hydrogens (tertiary/aromatic N) is 3. The highest BCUT2D eigenvalue weighted by molar-refractivity contribution is 6.25. The molecule has 56 heavy (non-hydrogen) atoms. The van der Waals surface area contributed by atoms with Gasteiger partial charge in [-0.25, -0.2) is 0 Å². The summed E-state index contributed by atoms with van der Waals surface area (Å²) in [5.41, 5.74) is 1.27. The molecule has 1 aromatic heterocycles. The summed E-state index contributed by atoms with van der Waals surface area (Å²) < 4.78 is 23.6. The van der Waals surface area contributed by atoms with Crippen LogP contribution in [0, 0.1) is 0 Å². The summed E-state index contributed by atoms with van der Waals surface area (Å²) in [7, 11) is 0. The number of rotatable bonds is 24. The number of anilines is 2. The molecule has 2 saturated heterocycles. The van der Waals surface area contributed by atoms with Gasteiger partial charge in [-0.2, -0.15) is 5.10 Å². The second-order valence-electron chi connectivity index (χ2n) is 13.1. The van der Waals surface area contributed by atoms with Gasteiger partial charge in [0, 0.05) is 43.9 Å². The van der Waals surface area contributed by atoms with Crippen molar-refractivity contribution in [2.45, 2.75) is 50.7 Å². The maximum Gasteiger partial charge on any atom is 0.274 e. The van der Waals surface area contributed by atoms with E-state index in [1.807, 2.05) is 0 Å². The minimum Gasteiger partial charge on any atom is -0.382 e. The van der Waals surface area contributed by atoms with Gasteiger partial charge in [0.1, 0.15) is 6.04 Å². The van der Waals surface area contributed by atoms with Crippen molar-refractivity contribution in [3.63, 3.8) is 0 Å². The molecule has 2 fully saturated rings. The van der Waals surface area contributed by atoms with Crippen LogP contribution in [0.1, 0.15) is 63.3 Å². The first-order valence-corrected chi connectivity index (χ1v) is 18.7. The first kappa shape index (κ1) is 41.9. The predicted octanol–water partition coefficient (Wildman–Crippen LogP) is -0.981. The molecular formula is C36H49N9O11. The first-order chi connectivity index (χ1) is 27.3. The minimum absolute atomic E-state index is 0.0428. The third kappa shape index (κ3) is 11.9. The summed E-state index contributed by atoms with van der Waals surface area (Å²) in [6.45, 7) is 5.14. The van der Waals surface area contributed by atoms with Crippen LogP contribution in [0.5, 0.6) is 0 Å². The van der Waals surface area contributed by atoms with Crippen molar-refractivity contribution < 1.29 is 52.5 Å². The van der Waals surface area contributed by atoms with Crippen molar-refractivity contribution in [2.75, 3.05) is 89.7 Å². The molecule has 1 unspecified atom stereocenters. The average molecular weight is 784 g/mol. The molecule has 3 aliphatic rings. The van der Waals surface area contributed by atoms with Crippen molar-refractivity contribution >= 4 is 53.2 Å². The molecule has 2 aromatic rings. The van der Waals surface area contributed by atoms with E-state index in [0.717, 1.165) is 30.8 Å². The Morgan fingerprint density at radius 2 is 1.55 bits per heavy atom. The van der Waals surface area contributed by atoms with Gasteiger partial charge in [0.25, 0.3) is 17.7 Å². The van der Waals surface area contributed by atoms with Crippen molar-refractivity contribution in [3.8, 4) is 0 Å². The highest BCUT2D eigenvalue weighted by atomic mass is 16.6. The Kier molecular flexibility index (Phi) is 16.2. The lowest BCUT2D eigenvalue weighted by Crippen LogP contribution is -2.54. The third-order valence-corrected chi connectivity index (χ3v) is 9.15. The molecule has 6 N–H and O–H groups in total. The highest BCUT2D eigenvalue weighted by Crippen LogP contribution is 2.32. The lowest BCUT2D eigenvalue weighted by atomic mass is 10.0. The molecule has 0 saturated carbocycles. The van der Waals surface area contributed by atoms with Crippen LogP contribution in [0.2, 0.25) is 0 Å². The Hall–Kier alpha value is -5.28. The van der Waals surface area contributed by atoms with E-state index in [9.17, 15) is 33.6 Å². The van der Waals surface area contributed by atoms with Gasteiger partial charge in [0.2, 0.25) is 24.1 Å². The van der Waals surface area contributed by atoms with Crippen LogP contribution in [0.3, 0.4) is 0 Å². The quantitative estimate of drug-likeness (QED) is 0.0426. The van der Waals surface area contributed by atoms with Crippen molar-refractivity contribution in [1.29, 1.82) is 0 Å². The number of benzene rings is 1. The van der Waals surface area contributed by atoms with Crippen LogP contribution >= 0.6 is 0 Å². The van der Waals surface area contributed by atoms with E-state index in [1.54, 1.807) is 18.3 Å². The van der Waals surface area contributed by atoms with Crippen LogP contribution in [0.15, 0.2) is 24.4 Å². The summed E-state index contributed by atoms with van der Waals surface area (Å²) in [4.78, 5) is 86.9. The predicted molar refractivity (Wildman–Crippen MR) is 198 cm³/mol. The number of imide groups is 2. The fourth-order valence-corrected chi connectivity index (χ4v) is 6.34. The molecule has 20 nitrogen and oxygen atoms in total. The maximum absolute atomic E-state index is 13.2. The molecule has 20 heteroatoms. The first-order valence-electron chi connectivity index (χ1n) is 18.7. The fourth-order valence-electron chi connectivity index (χ4n) is 6.34. The largest absolute Gasteiger partial charge is 0.382 e. The fraction of sp³-hybridized carbons (Fsp3) is 0.556. The van der Waals surface area contributed by atoms with Crippen molar-refractivity contribution in [3.05, 3.63) is 41.2 Å². The van der Waals surface area contributed by atoms with E-state index in [-0.39, 0.29) is 67.1 Å². The average Bonchev–Trinajstić information content (AvgIpc) is 3.71. The number of carbonyl (C=O) groups excluding carboxylic acids is 7. The zero-order valence-corrected chi connectivity index (χ0v) is 31.1. The van der Waals surface area contributed by atoms with Gasteiger partial charge < -0.3 is 45.5 Å². The molecule has 304 valence electrons. The molecule has 0 aliphatic carbocycles. The topological polar surface area (TPSA) is 250 Å². The number of nitrogens with one attached hydrogen (secondary N) is 6. The molecule has 5 rings (SSSR count). The SMILES string of the molecule is O=CNc1cn(CCNC(=O)CCOCCOCCOCCOCCNc2cccc3c2C(=O)N(C2CCC(=O)NC2=O)C3=O)nc1C(=O)NC1CCNCC1. The molecule has 3 aliphatic heterocycles. The van der Waals surface area contributed by atoms with E-state index < -0.39 is 29.7 Å². The van der Waals surface area contributed by atoms with E-state index in [1.165, 1.54) is 10.7 Å². The van der Waals surface area contributed by atoms with Gasteiger partial charge in [-0.05, 0) is 44.5 Å². The van der Waals surface area contributed by atoms with E-state index in [2.05, 4.69) is 37.0 Å². The van der Waals surface area contributed by atoms with Gasteiger partial charge in [-0.1, -0.05) is 6.07 Å². The lowest BCUT2D eigenvalue weighted by molar-refractivity contribution is -0.136. The van der Waals surface area contributed by atoms with Crippen molar-refractivity contribution in [1.82, 2.24) is 35.9 Å². The van der Waals surface area contributed by atoms with Crippen LogP contribution in [0.4, 0.5) is 11.4 Å². The van der Waals surface area contributed by atoms with Crippen LogP contribution in [-0.4, -0.2) is 148 Å². The lowest BCUT2D eigenvalue weighted by Gasteiger charge is -2.27. The third-order valence-electron chi connectivity index (χ3n) is 9.15. The molecule has 1 atom stereocenters. The van der Waals surface area contributed by atoms with Crippen LogP contribution < -0.4 is 31.9 Å². The Balaban J connectivity index is 0.842. The smallest absolute Gasteiger partial charge is 0.274 e. The summed E-state index contributed by atoms with van der Waals surface area (Å²) >= 11 is 0. The molecule has 0 radical (unpaired) electrons. The number of fused-ring (bicyclic) bond motifs is 1. The van der Waals surface area contributed by atoms with Crippen LogP contribution in [0.25, 0.3) is 0 Å². The number of carbonyl (C=O) groups is 7. The summed E-state index contributed by atoms with van der Waals surface area (Å²) in [6.07, 6.45) is 3.98. The Labute approximate surface area is 323 Å². The summed E-state index contributed by atoms with van der Waals surface area (Å²) in [6, 6.07) is 3.88. The second kappa shape index (κ2) is 21.7. The standard InChI is InChI=1S/C36H49N9O11/c46-23-40-27-22-44(43-32(27)34(50)41-24-6-9-37-10-7-24)13-11-39-29(47)8-14-53-16-18-55-20-21-56-19-17-54-15-12-38-26-3-1-2-25-31(26)36(52)45(35(25)51)28-4-5-30(48)42-33(28)49/h1-3,22-24,28,37-38H,4-21H2,(H,39,47)(H,40,46)(H,41,50)(H,42,48,49). The molecular weight excluding hydrogens is 734 g/mol.